The van der Waals surface area contributed by atoms with Crippen LogP contribution in [0.1, 0.15) is 56.9 Å². The predicted molar refractivity (Wildman–Crippen MR) is 98.1 cm³/mol. The maximum Gasteiger partial charge on any atom is 0.228 e. The van der Waals surface area contributed by atoms with Crippen LogP contribution in [0.4, 0.5) is 4.39 Å². The van der Waals surface area contributed by atoms with Crippen LogP contribution in [-0.2, 0) is 0 Å². The van der Waals surface area contributed by atoms with E-state index in [2.05, 4.69) is 31.2 Å². The van der Waals surface area contributed by atoms with Gasteiger partial charge >= 0.3 is 0 Å². The molecular formula is C22H27FO. The molecule has 0 heterocycles. The lowest BCUT2D eigenvalue weighted by Crippen LogP contribution is -2.13. The summed E-state index contributed by atoms with van der Waals surface area (Å²) in [6.07, 6.45) is 8.15. The van der Waals surface area contributed by atoms with Crippen LogP contribution < -0.4 is 4.74 Å². The van der Waals surface area contributed by atoms with Crippen molar-refractivity contribution in [2.24, 2.45) is 5.92 Å². The van der Waals surface area contributed by atoms with E-state index in [1.54, 1.807) is 0 Å². The van der Waals surface area contributed by atoms with Crippen LogP contribution >= 0.6 is 0 Å². The molecule has 0 N–H and O–H groups in total. The Hall–Kier alpha value is -1.83. The Morgan fingerprint density at radius 3 is 2.00 bits per heavy atom. The van der Waals surface area contributed by atoms with Gasteiger partial charge in [0.2, 0.25) is 6.86 Å². The van der Waals surface area contributed by atoms with Crippen molar-refractivity contribution in [1.82, 2.24) is 0 Å². The Balaban J connectivity index is 1.63. The van der Waals surface area contributed by atoms with E-state index >= 15 is 0 Å². The lowest BCUT2D eigenvalue weighted by molar-refractivity contribution is 0.192. The standard InChI is InChI=1S/C22H27FO/c1-2-3-17-4-6-18(7-5-17)19-8-10-20(11-9-19)21-12-14-22(15-13-21)24-16-23/h8-15,17-18H,2-7,16H2,1H3. The van der Waals surface area contributed by atoms with E-state index in [0.29, 0.717) is 5.75 Å². The SMILES string of the molecule is CCCC1CCC(c2ccc(-c3ccc(OCF)cc3)cc2)CC1. The summed E-state index contributed by atoms with van der Waals surface area (Å²) in [6, 6.07) is 16.6. The molecule has 128 valence electrons. The zero-order valence-corrected chi connectivity index (χ0v) is 14.5. The summed E-state index contributed by atoms with van der Waals surface area (Å²) < 4.78 is 17.0. The summed E-state index contributed by atoms with van der Waals surface area (Å²) in [4.78, 5) is 0. The van der Waals surface area contributed by atoms with Gasteiger partial charge in [-0.2, -0.15) is 0 Å². The molecule has 2 aromatic carbocycles. The van der Waals surface area contributed by atoms with Gasteiger partial charge in [-0.25, -0.2) is 4.39 Å². The van der Waals surface area contributed by atoms with E-state index in [0.717, 1.165) is 17.4 Å². The third kappa shape index (κ3) is 4.17. The summed E-state index contributed by atoms with van der Waals surface area (Å²) >= 11 is 0. The fraction of sp³-hybridized carbons (Fsp3) is 0.455. The number of halogens is 1. The van der Waals surface area contributed by atoms with Crippen LogP contribution in [-0.4, -0.2) is 6.86 Å². The summed E-state index contributed by atoms with van der Waals surface area (Å²) in [5, 5.41) is 0. The minimum Gasteiger partial charge on any atom is -0.463 e. The van der Waals surface area contributed by atoms with Gasteiger partial charge in [0.1, 0.15) is 5.75 Å². The molecule has 0 saturated heterocycles. The largest absolute Gasteiger partial charge is 0.463 e. The van der Waals surface area contributed by atoms with E-state index in [1.165, 1.54) is 49.7 Å². The smallest absolute Gasteiger partial charge is 0.228 e. The first kappa shape index (κ1) is 17.0. The van der Waals surface area contributed by atoms with E-state index in [4.69, 9.17) is 4.74 Å². The first-order valence-electron chi connectivity index (χ1n) is 9.19. The molecule has 0 aromatic heterocycles. The van der Waals surface area contributed by atoms with Crippen LogP contribution in [0.25, 0.3) is 11.1 Å². The molecule has 2 aromatic rings. The van der Waals surface area contributed by atoms with Crippen LogP contribution in [0.3, 0.4) is 0 Å². The normalized spacial score (nSPS) is 20.8. The van der Waals surface area contributed by atoms with Crippen LogP contribution in [0.15, 0.2) is 48.5 Å². The van der Waals surface area contributed by atoms with Gasteiger partial charge in [-0.05, 0) is 66.3 Å². The number of ether oxygens (including phenoxy) is 1. The molecule has 0 bridgehead atoms. The Labute approximate surface area is 144 Å². The fourth-order valence-corrected chi connectivity index (χ4v) is 3.95. The molecule has 1 aliphatic rings. The second-order valence-corrected chi connectivity index (χ2v) is 6.91. The highest BCUT2D eigenvalue weighted by atomic mass is 19.1. The maximum atomic E-state index is 12.2. The molecule has 2 heteroatoms. The first-order valence-corrected chi connectivity index (χ1v) is 9.19. The Kier molecular flexibility index (Phi) is 5.90. The molecule has 0 amide bonds. The lowest BCUT2D eigenvalue weighted by Gasteiger charge is -2.28. The molecule has 0 spiro atoms. The minimum absolute atomic E-state index is 0.571. The average molecular weight is 326 g/mol. The molecule has 3 rings (SSSR count). The fourth-order valence-electron chi connectivity index (χ4n) is 3.95. The highest BCUT2D eigenvalue weighted by Crippen LogP contribution is 2.38. The Morgan fingerprint density at radius 1 is 0.875 bits per heavy atom. The monoisotopic (exact) mass is 326 g/mol. The van der Waals surface area contributed by atoms with Gasteiger partial charge in [-0.3, -0.25) is 0 Å². The quantitative estimate of drug-likeness (QED) is 0.571. The number of hydrogen-bond donors (Lipinski definition) is 0. The van der Waals surface area contributed by atoms with Crippen molar-refractivity contribution < 1.29 is 9.13 Å². The molecule has 0 atom stereocenters. The molecule has 24 heavy (non-hydrogen) atoms. The van der Waals surface area contributed by atoms with Crippen molar-refractivity contribution in [3.8, 4) is 16.9 Å². The van der Waals surface area contributed by atoms with Crippen LogP contribution in [0.5, 0.6) is 5.75 Å². The van der Waals surface area contributed by atoms with Crippen LogP contribution in [0, 0.1) is 5.92 Å². The van der Waals surface area contributed by atoms with E-state index < -0.39 is 6.86 Å². The second kappa shape index (κ2) is 8.32. The van der Waals surface area contributed by atoms with Gasteiger partial charge in [-0.15, -0.1) is 0 Å². The predicted octanol–water partition coefficient (Wildman–Crippen LogP) is 6.73. The Morgan fingerprint density at radius 2 is 1.46 bits per heavy atom. The molecule has 1 saturated carbocycles. The van der Waals surface area contributed by atoms with Crippen molar-refractivity contribution >= 4 is 0 Å². The number of alkyl halides is 1. The third-order valence-electron chi connectivity index (χ3n) is 5.33. The summed E-state index contributed by atoms with van der Waals surface area (Å²) in [5.74, 6) is 2.25. The molecule has 0 unspecified atom stereocenters. The highest BCUT2D eigenvalue weighted by molar-refractivity contribution is 5.64. The van der Waals surface area contributed by atoms with Gasteiger partial charge < -0.3 is 4.74 Å². The third-order valence-corrected chi connectivity index (χ3v) is 5.33. The zero-order chi connectivity index (χ0) is 16.8. The van der Waals surface area contributed by atoms with Gasteiger partial charge in [0, 0.05) is 0 Å². The lowest BCUT2D eigenvalue weighted by atomic mass is 9.77. The van der Waals surface area contributed by atoms with Crippen LogP contribution in [0.2, 0.25) is 0 Å². The molecule has 0 radical (unpaired) electrons. The molecular weight excluding hydrogens is 299 g/mol. The number of hydrogen-bond acceptors (Lipinski definition) is 1. The molecule has 1 fully saturated rings. The van der Waals surface area contributed by atoms with E-state index in [9.17, 15) is 4.39 Å². The average Bonchev–Trinajstić information content (AvgIpc) is 2.64. The van der Waals surface area contributed by atoms with Crippen molar-refractivity contribution in [1.29, 1.82) is 0 Å². The van der Waals surface area contributed by atoms with Gasteiger partial charge in [0.05, 0.1) is 0 Å². The topological polar surface area (TPSA) is 9.23 Å². The summed E-state index contributed by atoms with van der Waals surface area (Å²) in [6.45, 7) is 1.51. The van der Waals surface area contributed by atoms with Crippen molar-refractivity contribution in [2.45, 2.75) is 51.4 Å². The van der Waals surface area contributed by atoms with Crippen molar-refractivity contribution in [3.63, 3.8) is 0 Å². The van der Waals surface area contributed by atoms with E-state index in [-0.39, 0.29) is 0 Å². The molecule has 1 nitrogen and oxygen atoms in total. The Bertz CT molecular complexity index is 609. The number of benzene rings is 2. The van der Waals surface area contributed by atoms with Crippen molar-refractivity contribution in [2.75, 3.05) is 6.86 Å². The summed E-state index contributed by atoms with van der Waals surface area (Å²) in [7, 11) is 0. The summed E-state index contributed by atoms with van der Waals surface area (Å²) in [5.41, 5.74) is 3.82. The number of rotatable bonds is 6. The first-order chi connectivity index (χ1) is 11.8. The zero-order valence-electron chi connectivity index (χ0n) is 14.5. The highest BCUT2D eigenvalue weighted by Gasteiger charge is 2.21. The van der Waals surface area contributed by atoms with Crippen molar-refractivity contribution in [3.05, 3.63) is 54.1 Å². The van der Waals surface area contributed by atoms with E-state index in [1.807, 2.05) is 24.3 Å². The molecule has 1 aliphatic carbocycles. The van der Waals surface area contributed by atoms with Gasteiger partial charge in [-0.1, -0.05) is 56.2 Å². The van der Waals surface area contributed by atoms with Gasteiger partial charge in [0.25, 0.3) is 0 Å². The minimum atomic E-state index is -0.783. The molecule has 0 aliphatic heterocycles. The maximum absolute atomic E-state index is 12.2. The van der Waals surface area contributed by atoms with Gasteiger partial charge in [0.15, 0.2) is 0 Å². The second-order valence-electron chi connectivity index (χ2n) is 6.91.